The third-order valence-corrected chi connectivity index (χ3v) is 3.84. The van der Waals surface area contributed by atoms with Gasteiger partial charge in [-0.1, -0.05) is 11.6 Å². The Hall–Kier alpha value is -1.62. The van der Waals surface area contributed by atoms with E-state index >= 15 is 0 Å². The minimum absolute atomic E-state index is 0.0849. The van der Waals surface area contributed by atoms with Gasteiger partial charge in [-0.3, -0.25) is 9.59 Å². The number of pyridine rings is 1. The van der Waals surface area contributed by atoms with E-state index in [0.29, 0.717) is 36.1 Å². The highest BCUT2D eigenvalue weighted by atomic mass is 35.5. The average molecular weight is 297 g/mol. The Morgan fingerprint density at radius 2 is 2.05 bits per heavy atom. The second kappa shape index (κ2) is 6.70. The lowest BCUT2D eigenvalue weighted by Gasteiger charge is -2.31. The van der Waals surface area contributed by atoms with Crippen molar-refractivity contribution in [3.05, 3.63) is 29.0 Å². The molecule has 0 unspecified atom stereocenters. The number of aromatic nitrogens is 1. The highest BCUT2D eigenvalue weighted by molar-refractivity contribution is 6.30. The van der Waals surface area contributed by atoms with Crippen LogP contribution in [0.1, 0.15) is 36.2 Å². The summed E-state index contributed by atoms with van der Waals surface area (Å²) in [6, 6.07) is 3.28. The van der Waals surface area contributed by atoms with E-state index in [4.69, 9.17) is 16.7 Å². The first-order valence-corrected chi connectivity index (χ1v) is 7.06. The van der Waals surface area contributed by atoms with Gasteiger partial charge in [-0.15, -0.1) is 0 Å². The van der Waals surface area contributed by atoms with Crippen LogP contribution in [0.5, 0.6) is 0 Å². The first-order valence-electron chi connectivity index (χ1n) is 6.69. The average Bonchev–Trinajstić information content (AvgIpc) is 2.46. The van der Waals surface area contributed by atoms with Crippen molar-refractivity contribution in [2.45, 2.75) is 25.7 Å². The quantitative estimate of drug-likeness (QED) is 0.926. The normalized spacial score (nSPS) is 16.1. The van der Waals surface area contributed by atoms with Crippen molar-refractivity contribution in [2.24, 2.45) is 5.92 Å². The molecule has 1 aromatic heterocycles. The zero-order valence-electron chi connectivity index (χ0n) is 11.1. The number of nitrogens with zero attached hydrogens (tertiary/aromatic N) is 2. The molecule has 5 nitrogen and oxygen atoms in total. The lowest BCUT2D eigenvalue weighted by Crippen LogP contribution is -2.38. The summed E-state index contributed by atoms with van der Waals surface area (Å²) in [5.74, 6) is -0.444. The van der Waals surface area contributed by atoms with E-state index in [1.165, 1.54) is 6.20 Å². The number of carbonyl (C=O) groups excluding carboxylic acids is 1. The number of hydrogen-bond acceptors (Lipinski definition) is 3. The summed E-state index contributed by atoms with van der Waals surface area (Å²) in [5.41, 5.74) is 0.401. The molecule has 0 saturated carbocycles. The maximum atomic E-state index is 12.2. The summed E-state index contributed by atoms with van der Waals surface area (Å²) in [6.07, 6.45) is 4.07. The van der Waals surface area contributed by atoms with E-state index < -0.39 is 5.97 Å². The van der Waals surface area contributed by atoms with Crippen molar-refractivity contribution in [1.29, 1.82) is 0 Å². The van der Waals surface area contributed by atoms with Gasteiger partial charge in [0, 0.05) is 25.7 Å². The fourth-order valence-electron chi connectivity index (χ4n) is 2.42. The summed E-state index contributed by atoms with van der Waals surface area (Å²) < 4.78 is 0. The number of rotatable bonds is 4. The number of hydrogen-bond donors (Lipinski definition) is 1. The number of amides is 1. The SMILES string of the molecule is O=C(O)CCC1CCN(C(=O)c2ccc(Cl)cn2)CC1. The van der Waals surface area contributed by atoms with Gasteiger partial charge in [0.2, 0.25) is 0 Å². The second-order valence-corrected chi connectivity index (χ2v) is 5.47. The molecule has 0 bridgehead atoms. The number of halogens is 1. The Bertz CT molecular complexity index is 482. The first-order chi connectivity index (χ1) is 9.56. The van der Waals surface area contributed by atoms with Gasteiger partial charge in [0.1, 0.15) is 5.69 Å². The predicted octanol–water partition coefficient (Wildman–Crippen LogP) is 2.45. The highest BCUT2D eigenvalue weighted by Gasteiger charge is 2.24. The summed E-state index contributed by atoms with van der Waals surface area (Å²) in [6.45, 7) is 1.32. The lowest BCUT2D eigenvalue weighted by atomic mass is 9.92. The van der Waals surface area contributed by atoms with E-state index in [2.05, 4.69) is 4.98 Å². The number of piperidine rings is 1. The van der Waals surface area contributed by atoms with Crippen LogP contribution in [0.3, 0.4) is 0 Å². The van der Waals surface area contributed by atoms with Crippen LogP contribution in [0, 0.1) is 5.92 Å². The van der Waals surface area contributed by atoms with Crippen LogP contribution in [0.4, 0.5) is 0 Å². The van der Waals surface area contributed by atoms with Gasteiger partial charge in [0.05, 0.1) is 5.02 Å². The molecule has 1 amide bonds. The molecule has 6 heteroatoms. The highest BCUT2D eigenvalue weighted by Crippen LogP contribution is 2.23. The molecule has 0 radical (unpaired) electrons. The molecule has 1 aromatic rings. The van der Waals surface area contributed by atoms with Crippen LogP contribution in [0.2, 0.25) is 5.02 Å². The Balaban J connectivity index is 1.85. The van der Waals surface area contributed by atoms with Crippen LogP contribution in [0.15, 0.2) is 18.3 Å². The predicted molar refractivity (Wildman–Crippen MR) is 74.7 cm³/mol. The van der Waals surface area contributed by atoms with Crippen molar-refractivity contribution in [3.63, 3.8) is 0 Å². The molecule has 0 spiro atoms. The molecule has 0 aliphatic carbocycles. The molecule has 1 aliphatic heterocycles. The van der Waals surface area contributed by atoms with Gasteiger partial charge in [-0.2, -0.15) is 0 Å². The van der Waals surface area contributed by atoms with Crippen molar-refractivity contribution >= 4 is 23.5 Å². The molecule has 0 atom stereocenters. The zero-order chi connectivity index (χ0) is 14.5. The minimum Gasteiger partial charge on any atom is -0.481 e. The van der Waals surface area contributed by atoms with Gasteiger partial charge in [0.25, 0.3) is 5.91 Å². The topological polar surface area (TPSA) is 70.5 Å². The first kappa shape index (κ1) is 14.8. The number of carbonyl (C=O) groups is 2. The van der Waals surface area contributed by atoms with Crippen LogP contribution in [-0.4, -0.2) is 40.0 Å². The zero-order valence-corrected chi connectivity index (χ0v) is 11.8. The van der Waals surface area contributed by atoms with Crippen LogP contribution >= 0.6 is 11.6 Å². The molecule has 2 heterocycles. The monoisotopic (exact) mass is 296 g/mol. The van der Waals surface area contributed by atoms with Crippen molar-refractivity contribution < 1.29 is 14.7 Å². The number of carboxylic acid groups (broad SMARTS) is 1. The van der Waals surface area contributed by atoms with Crippen molar-refractivity contribution in [3.8, 4) is 0 Å². The van der Waals surface area contributed by atoms with E-state index in [0.717, 1.165) is 12.8 Å². The molecule has 1 N–H and O–H groups in total. The lowest BCUT2D eigenvalue weighted by molar-refractivity contribution is -0.137. The largest absolute Gasteiger partial charge is 0.481 e. The van der Waals surface area contributed by atoms with Gasteiger partial charge < -0.3 is 10.0 Å². The molecule has 108 valence electrons. The van der Waals surface area contributed by atoms with Gasteiger partial charge in [0.15, 0.2) is 0 Å². The Morgan fingerprint density at radius 1 is 1.35 bits per heavy atom. The summed E-state index contributed by atoms with van der Waals surface area (Å²) in [7, 11) is 0. The fourth-order valence-corrected chi connectivity index (χ4v) is 2.53. The summed E-state index contributed by atoms with van der Waals surface area (Å²) in [4.78, 5) is 28.6. The number of aliphatic carboxylic acids is 1. The second-order valence-electron chi connectivity index (χ2n) is 5.03. The molecule has 1 aliphatic rings. The van der Waals surface area contributed by atoms with Crippen molar-refractivity contribution in [1.82, 2.24) is 9.88 Å². The molecular weight excluding hydrogens is 280 g/mol. The smallest absolute Gasteiger partial charge is 0.303 e. The van der Waals surface area contributed by atoms with Crippen LogP contribution in [-0.2, 0) is 4.79 Å². The Morgan fingerprint density at radius 3 is 2.60 bits per heavy atom. The van der Waals surface area contributed by atoms with E-state index in [1.807, 2.05) is 0 Å². The third-order valence-electron chi connectivity index (χ3n) is 3.61. The number of carboxylic acids is 1. The van der Waals surface area contributed by atoms with Crippen LogP contribution in [0.25, 0.3) is 0 Å². The molecule has 20 heavy (non-hydrogen) atoms. The van der Waals surface area contributed by atoms with Gasteiger partial charge in [-0.05, 0) is 37.3 Å². The molecule has 2 rings (SSSR count). The molecule has 0 aromatic carbocycles. The Kier molecular flexibility index (Phi) is 4.95. The standard InChI is InChI=1S/C14H17ClN2O3/c15-11-2-3-12(16-9-11)14(20)17-7-5-10(6-8-17)1-4-13(18)19/h2-3,9-10H,1,4-8H2,(H,18,19). The van der Waals surface area contributed by atoms with Gasteiger partial charge >= 0.3 is 5.97 Å². The molecule has 1 saturated heterocycles. The van der Waals surface area contributed by atoms with E-state index in [1.54, 1.807) is 17.0 Å². The van der Waals surface area contributed by atoms with Crippen LogP contribution < -0.4 is 0 Å². The van der Waals surface area contributed by atoms with Crippen molar-refractivity contribution in [2.75, 3.05) is 13.1 Å². The van der Waals surface area contributed by atoms with Gasteiger partial charge in [-0.25, -0.2) is 4.98 Å². The summed E-state index contributed by atoms with van der Waals surface area (Å²) in [5, 5.41) is 9.18. The molecule has 1 fully saturated rings. The third kappa shape index (κ3) is 3.93. The summed E-state index contributed by atoms with van der Waals surface area (Å²) >= 11 is 5.75. The minimum atomic E-state index is -0.756. The fraction of sp³-hybridized carbons (Fsp3) is 0.500. The Labute approximate surface area is 122 Å². The maximum Gasteiger partial charge on any atom is 0.303 e. The van der Waals surface area contributed by atoms with E-state index in [9.17, 15) is 9.59 Å². The maximum absolute atomic E-state index is 12.2. The van der Waals surface area contributed by atoms with E-state index in [-0.39, 0.29) is 12.3 Å². The molecular formula is C14H17ClN2O3. The number of likely N-dealkylation sites (tertiary alicyclic amines) is 1.